The van der Waals surface area contributed by atoms with Crippen LogP contribution in [0.3, 0.4) is 0 Å². The fraction of sp³-hybridized carbons (Fsp3) is 0.217. The number of likely N-dealkylation sites (N-methyl/N-ethyl adjacent to an activating group) is 1. The van der Waals surface area contributed by atoms with Crippen molar-refractivity contribution in [1.82, 2.24) is 9.55 Å². The van der Waals surface area contributed by atoms with Crippen LogP contribution in [0.5, 0.6) is 0 Å². The summed E-state index contributed by atoms with van der Waals surface area (Å²) >= 11 is 0. The lowest BCUT2D eigenvalue weighted by atomic mass is 9.96. The molecule has 2 heterocycles. The van der Waals surface area contributed by atoms with E-state index in [1.54, 1.807) is 23.6 Å². The topological polar surface area (TPSA) is 132 Å². The molecule has 0 atom stereocenters. The molecule has 0 aliphatic heterocycles. The van der Waals surface area contributed by atoms with Gasteiger partial charge in [-0.25, -0.2) is 13.6 Å². The lowest BCUT2D eigenvalue weighted by Gasteiger charge is -2.16. The largest absolute Gasteiger partial charge is 0.474 e. The maximum Gasteiger partial charge on any atom is 0.395 e. The van der Waals surface area contributed by atoms with Gasteiger partial charge >= 0.3 is 17.9 Å². The first-order valence-corrected chi connectivity index (χ1v) is 10.3. The number of carbonyl (C=O) groups is 2. The summed E-state index contributed by atoms with van der Waals surface area (Å²) in [4.78, 5) is 41.1. The number of aryl methyl sites for hydroxylation is 1. The van der Waals surface area contributed by atoms with Gasteiger partial charge < -0.3 is 19.8 Å². The van der Waals surface area contributed by atoms with Gasteiger partial charge in [-0.3, -0.25) is 14.5 Å². The molecule has 5 rings (SSSR count). The van der Waals surface area contributed by atoms with E-state index in [1.165, 1.54) is 7.05 Å². The molecule has 0 saturated heterocycles. The number of rotatable bonds is 3. The Morgan fingerprint density at radius 1 is 1.21 bits per heavy atom. The molecule has 2 aromatic heterocycles. The number of pyridine rings is 1. The number of carboxylic acid groups (broad SMARTS) is 1. The minimum atomic E-state index is -1.71. The number of carboxylic acids is 1. The van der Waals surface area contributed by atoms with Crippen LogP contribution >= 0.6 is 0 Å². The molecule has 4 aromatic rings. The van der Waals surface area contributed by atoms with Crippen molar-refractivity contribution in [2.45, 2.75) is 25.8 Å². The first-order valence-electron chi connectivity index (χ1n) is 10.3. The van der Waals surface area contributed by atoms with Crippen molar-refractivity contribution in [3.63, 3.8) is 0 Å². The SMILES string of the molecule is Cc1c(-c2cc(F)c(N)cc2F)ccc2c3oc(N(C)C(=O)C(=O)O)nc3c(=O)n(C3CC3)c12. The molecule has 1 aliphatic rings. The number of hydrogen-bond acceptors (Lipinski definition) is 6. The molecule has 0 radical (unpaired) electrons. The van der Waals surface area contributed by atoms with Crippen molar-refractivity contribution >= 4 is 45.6 Å². The lowest BCUT2D eigenvalue weighted by molar-refractivity contribution is -0.148. The highest BCUT2D eigenvalue weighted by Crippen LogP contribution is 2.41. The zero-order chi connectivity index (χ0) is 24.5. The van der Waals surface area contributed by atoms with E-state index in [-0.39, 0.29) is 34.4 Å². The predicted molar refractivity (Wildman–Crippen MR) is 120 cm³/mol. The van der Waals surface area contributed by atoms with E-state index >= 15 is 0 Å². The summed E-state index contributed by atoms with van der Waals surface area (Å²) < 4.78 is 36.1. The molecular weight excluding hydrogens is 450 g/mol. The van der Waals surface area contributed by atoms with Crippen LogP contribution in [-0.4, -0.2) is 33.6 Å². The highest BCUT2D eigenvalue weighted by Gasteiger charge is 2.32. The first kappa shape index (κ1) is 21.6. The molecular formula is C23H18F2N4O5. The summed E-state index contributed by atoms with van der Waals surface area (Å²) in [7, 11) is 1.17. The molecule has 9 nitrogen and oxygen atoms in total. The van der Waals surface area contributed by atoms with Gasteiger partial charge in [0, 0.05) is 30.1 Å². The minimum absolute atomic E-state index is 0.00830. The van der Waals surface area contributed by atoms with Crippen molar-refractivity contribution in [3.8, 4) is 11.1 Å². The van der Waals surface area contributed by atoms with Gasteiger partial charge in [-0.15, -0.1) is 0 Å². The van der Waals surface area contributed by atoms with Crippen LogP contribution in [0, 0.1) is 18.6 Å². The van der Waals surface area contributed by atoms with Gasteiger partial charge in [0.25, 0.3) is 5.56 Å². The van der Waals surface area contributed by atoms with E-state index in [4.69, 9.17) is 15.3 Å². The number of nitrogens with two attached hydrogens (primary N) is 1. The lowest BCUT2D eigenvalue weighted by Crippen LogP contribution is -2.33. The standard InChI is InChI=1S/C23H18F2N4O5/c1-9-11(13-7-15(25)16(26)8-14(13)24)5-6-12-18(9)29(10-3-4-10)20(30)17-19(12)34-23(27-17)28(2)21(31)22(32)33/h5-8,10H,3-4,26H2,1-2H3,(H,32,33). The number of halogens is 2. The molecule has 1 aliphatic carbocycles. The molecule has 11 heteroatoms. The summed E-state index contributed by atoms with van der Waals surface area (Å²) in [6.45, 7) is 1.69. The van der Waals surface area contributed by atoms with E-state index in [2.05, 4.69) is 4.98 Å². The molecule has 1 amide bonds. The van der Waals surface area contributed by atoms with Gasteiger partial charge in [-0.1, -0.05) is 6.07 Å². The van der Waals surface area contributed by atoms with E-state index in [0.29, 0.717) is 26.9 Å². The van der Waals surface area contributed by atoms with Crippen molar-refractivity contribution in [1.29, 1.82) is 0 Å². The van der Waals surface area contributed by atoms with Crippen molar-refractivity contribution < 1.29 is 27.9 Å². The van der Waals surface area contributed by atoms with Crippen LogP contribution in [0.4, 0.5) is 20.5 Å². The van der Waals surface area contributed by atoms with Gasteiger partial charge in [0.2, 0.25) is 0 Å². The molecule has 174 valence electrons. The average Bonchev–Trinajstić information content (AvgIpc) is 3.52. The number of benzene rings is 2. The maximum atomic E-state index is 14.7. The third-order valence-electron chi connectivity index (χ3n) is 6.02. The van der Waals surface area contributed by atoms with Gasteiger partial charge in [0.1, 0.15) is 11.6 Å². The Labute approximate surface area is 190 Å². The Kier molecular flexibility index (Phi) is 4.67. The predicted octanol–water partition coefficient (Wildman–Crippen LogP) is 3.36. The van der Waals surface area contributed by atoms with E-state index in [0.717, 1.165) is 25.0 Å². The number of nitrogen functional groups attached to an aromatic ring is 1. The molecule has 0 unspecified atom stereocenters. The number of amides is 1. The van der Waals surface area contributed by atoms with Crippen molar-refractivity contribution in [3.05, 3.63) is 51.8 Å². The molecule has 1 saturated carbocycles. The number of hydrogen-bond donors (Lipinski definition) is 2. The molecule has 1 fully saturated rings. The Bertz CT molecular complexity index is 1600. The molecule has 2 aromatic carbocycles. The van der Waals surface area contributed by atoms with E-state index in [9.17, 15) is 23.2 Å². The number of carbonyl (C=O) groups excluding carboxylic acids is 1. The highest BCUT2D eigenvalue weighted by atomic mass is 19.1. The number of anilines is 2. The molecule has 34 heavy (non-hydrogen) atoms. The van der Waals surface area contributed by atoms with Crippen LogP contribution in [0.25, 0.3) is 33.1 Å². The molecule has 0 spiro atoms. The number of aliphatic carboxylic acids is 1. The van der Waals surface area contributed by atoms with Gasteiger partial charge in [-0.05, 0) is 43.0 Å². The van der Waals surface area contributed by atoms with Crippen LogP contribution in [-0.2, 0) is 9.59 Å². The number of oxazole rings is 1. The Morgan fingerprint density at radius 3 is 2.56 bits per heavy atom. The average molecular weight is 468 g/mol. The zero-order valence-electron chi connectivity index (χ0n) is 18.1. The second-order valence-electron chi connectivity index (χ2n) is 8.24. The number of fused-ring (bicyclic) bond motifs is 3. The summed E-state index contributed by atoms with van der Waals surface area (Å²) in [5, 5.41) is 9.45. The monoisotopic (exact) mass is 468 g/mol. The maximum absolute atomic E-state index is 14.7. The van der Waals surface area contributed by atoms with Crippen molar-refractivity contribution in [2.75, 3.05) is 17.7 Å². The number of aromatic nitrogens is 2. The third kappa shape index (κ3) is 3.11. The smallest absolute Gasteiger partial charge is 0.395 e. The Morgan fingerprint density at radius 2 is 1.91 bits per heavy atom. The van der Waals surface area contributed by atoms with Crippen LogP contribution in [0.15, 0.2) is 33.5 Å². The van der Waals surface area contributed by atoms with Crippen LogP contribution < -0.4 is 16.2 Å². The Balaban J connectivity index is 1.82. The van der Waals surface area contributed by atoms with Gasteiger partial charge in [0.15, 0.2) is 11.1 Å². The summed E-state index contributed by atoms with van der Waals surface area (Å²) in [5.74, 6) is -4.46. The van der Waals surface area contributed by atoms with Crippen LogP contribution in [0.1, 0.15) is 24.4 Å². The summed E-state index contributed by atoms with van der Waals surface area (Å²) in [5.41, 5.74) is 6.02. The van der Waals surface area contributed by atoms with E-state index < -0.39 is 29.1 Å². The van der Waals surface area contributed by atoms with Crippen molar-refractivity contribution in [2.24, 2.45) is 0 Å². The third-order valence-corrected chi connectivity index (χ3v) is 6.02. The second kappa shape index (κ2) is 7.37. The number of nitrogens with zero attached hydrogens (tertiary/aromatic N) is 3. The van der Waals surface area contributed by atoms with Gasteiger partial charge in [0.05, 0.1) is 11.2 Å². The normalized spacial score (nSPS) is 13.5. The zero-order valence-corrected chi connectivity index (χ0v) is 18.1. The van der Waals surface area contributed by atoms with E-state index in [1.807, 2.05) is 0 Å². The summed E-state index contributed by atoms with van der Waals surface area (Å²) in [6.07, 6.45) is 1.49. The molecule has 0 bridgehead atoms. The summed E-state index contributed by atoms with van der Waals surface area (Å²) in [6, 6.07) is 4.63. The first-order chi connectivity index (χ1) is 16.1. The quantitative estimate of drug-likeness (QED) is 0.348. The highest BCUT2D eigenvalue weighted by molar-refractivity contribution is 6.36. The van der Waals surface area contributed by atoms with Gasteiger partial charge in [-0.2, -0.15) is 4.98 Å². The van der Waals surface area contributed by atoms with Crippen LogP contribution in [0.2, 0.25) is 0 Å². The second-order valence-corrected chi connectivity index (χ2v) is 8.24. The Hall–Kier alpha value is -4.28. The fourth-order valence-electron chi connectivity index (χ4n) is 4.16. The fourth-order valence-corrected chi connectivity index (χ4v) is 4.16. The molecule has 3 N–H and O–H groups in total. The minimum Gasteiger partial charge on any atom is -0.474 e.